The lowest BCUT2D eigenvalue weighted by Crippen LogP contribution is -2.04. The molecular weight excluding hydrogens is 230 g/mol. The Morgan fingerprint density at radius 3 is 2.69 bits per heavy atom. The molecule has 13 heavy (non-hydrogen) atoms. The summed E-state index contributed by atoms with van der Waals surface area (Å²) in [5.74, 6) is 1.12. The highest BCUT2D eigenvalue weighted by Gasteiger charge is 2.08. The summed E-state index contributed by atoms with van der Waals surface area (Å²) < 4.78 is 0. The van der Waals surface area contributed by atoms with Crippen LogP contribution in [-0.4, -0.2) is 17.0 Å². The van der Waals surface area contributed by atoms with Gasteiger partial charge in [0.15, 0.2) is 0 Å². The van der Waals surface area contributed by atoms with Crippen molar-refractivity contribution < 1.29 is 0 Å². The fraction of sp³-hybridized carbons (Fsp3) is 0.556. The normalized spacial score (nSPS) is 10.5. The minimum atomic E-state index is 0.433. The summed E-state index contributed by atoms with van der Waals surface area (Å²) in [5, 5.41) is 3.75. The second-order valence-electron chi connectivity index (χ2n) is 3.14. The van der Waals surface area contributed by atoms with E-state index in [1.165, 1.54) is 0 Å². The molecule has 0 aliphatic carbocycles. The van der Waals surface area contributed by atoms with Crippen LogP contribution in [0.1, 0.15) is 31.0 Å². The lowest BCUT2D eigenvalue weighted by molar-refractivity contribution is 0.802. The molecule has 0 radical (unpaired) electrons. The lowest BCUT2D eigenvalue weighted by atomic mass is 10.1. The highest BCUT2D eigenvalue weighted by Crippen LogP contribution is 2.19. The Kier molecular flexibility index (Phi) is 3.66. The summed E-state index contributed by atoms with van der Waals surface area (Å²) in [5.41, 5.74) is 2.27. The van der Waals surface area contributed by atoms with Gasteiger partial charge in [-0.05, 0) is 5.92 Å². The van der Waals surface area contributed by atoms with E-state index >= 15 is 0 Å². The predicted molar refractivity (Wildman–Crippen MR) is 58.3 cm³/mol. The Balaban J connectivity index is 3.10. The fourth-order valence-electron chi connectivity index (χ4n) is 1.14. The molecule has 0 atom stereocenters. The molecule has 1 heterocycles. The van der Waals surface area contributed by atoms with E-state index < -0.39 is 0 Å². The molecule has 0 aliphatic heterocycles. The first-order valence-electron chi connectivity index (χ1n) is 4.28. The van der Waals surface area contributed by atoms with Crippen molar-refractivity contribution in [3.05, 3.63) is 17.5 Å². The average molecular weight is 244 g/mol. The van der Waals surface area contributed by atoms with Crippen molar-refractivity contribution in [1.82, 2.24) is 9.97 Å². The number of aromatic nitrogens is 2. The van der Waals surface area contributed by atoms with Crippen molar-refractivity contribution in [2.75, 3.05) is 12.4 Å². The Morgan fingerprint density at radius 1 is 1.54 bits per heavy atom. The van der Waals surface area contributed by atoms with E-state index in [0.717, 1.165) is 16.6 Å². The molecule has 0 saturated carbocycles. The van der Waals surface area contributed by atoms with Crippen LogP contribution in [0.3, 0.4) is 0 Å². The van der Waals surface area contributed by atoms with Crippen LogP contribution in [0.25, 0.3) is 0 Å². The molecule has 0 bridgehead atoms. The molecule has 0 amide bonds. The second-order valence-corrected chi connectivity index (χ2v) is 3.70. The van der Waals surface area contributed by atoms with Gasteiger partial charge in [-0.2, -0.15) is 0 Å². The standard InChI is InChI=1S/C9H14BrN3/c1-6(2)8-7(4-10)5-12-9(11-3)13-8/h5-6H,4H2,1-3H3,(H,11,12,13). The number of hydrogen-bond acceptors (Lipinski definition) is 3. The van der Waals surface area contributed by atoms with Crippen LogP contribution in [0.4, 0.5) is 5.95 Å². The van der Waals surface area contributed by atoms with Gasteiger partial charge in [-0.1, -0.05) is 29.8 Å². The van der Waals surface area contributed by atoms with Crippen molar-refractivity contribution in [3.8, 4) is 0 Å². The highest BCUT2D eigenvalue weighted by molar-refractivity contribution is 9.08. The topological polar surface area (TPSA) is 37.8 Å². The largest absolute Gasteiger partial charge is 0.357 e. The number of nitrogens with one attached hydrogen (secondary N) is 1. The van der Waals surface area contributed by atoms with Crippen molar-refractivity contribution >= 4 is 21.9 Å². The predicted octanol–water partition coefficient (Wildman–Crippen LogP) is 2.54. The Morgan fingerprint density at radius 2 is 2.23 bits per heavy atom. The molecule has 1 N–H and O–H groups in total. The van der Waals surface area contributed by atoms with Crippen LogP contribution in [0, 0.1) is 0 Å². The van der Waals surface area contributed by atoms with Crippen molar-refractivity contribution in [2.45, 2.75) is 25.1 Å². The van der Waals surface area contributed by atoms with E-state index in [4.69, 9.17) is 0 Å². The molecule has 3 nitrogen and oxygen atoms in total. The van der Waals surface area contributed by atoms with Gasteiger partial charge >= 0.3 is 0 Å². The zero-order chi connectivity index (χ0) is 9.84. The molecule has 0 aliphatic rings. The minimum absolute atomic E-state index is 0.433. The summed E-state index contributed by atoms with van der Waals surface area (Å²) in [6, 6.07) is 0. The molecule has 1 aromatic rings. The van der Waals surface area contributed by atoms with Gasteiger partial charge in [0.25, 0.3) is 0 Å². The summed E-state index contributed by atoms with van der Waals surface area (Å²) in [6.07, 6.45) is 1.86. The molecular formula is C9H14BrN3. The maximum absolute atomic E-state index is 4.41. The van der Waals surface area contributed by atoms with E-state index in [1.54, 1.807) is 0 Å². The van der Waals surface area contributed by atoms with Crippen LogP contribution in [0.2, 0.25) is 0 Å². The van der Waals surface area contributed by atoms with E-state index in [0.29, 0.717) is 11.9 Å². The van der Waals surface area contributed by atoms with Gasteiger partial charge in [0.1, 0.15) is 0 Å². The number of rotatable bonds is 3. The van der Waals surface area contributed by atoms with Crippen LogP contribution in [0.5, 0.6) is 0 Å². The number of hydrogen-bond donors (Lipinski definition) is 1. The quantitative estimate of drug-likeness (QED) is 0.830. The maximum Gasteiger partial charge on any atom is 0.222 e. The fourth-order valence-corrected chi connectivity index (χ4v) is 1.58. The van der Waals surface area contributed by atoms with Crippen LogP contribution >= 0.6 is 15.9 Å². The van der Waals surface area contributed by atoms with Gasteiger partial charge in [0, 0.05) is 24.1 Å². The first-order chi connectivity index (χ1) is 6.19. The van der Waals surface area contributed by atoms with Gasteiger partial charge in [-0.25, -0.2) is 9.97 Å². The Hall–Kier alpha value is -0.640. The minimum Gasteiger partial charge on any atom is -0.357 e. The molecule has 0 spiro atoms. The first-order valence-corrected chi connectivity index (χ1v) is 5.40. The third kappa shape index (κ3) is 2.40. The maximum atomic E-state index is 4.41. The van der Waals surface area contributed by atoms with Crippen molar-refractivity contribution in [2.24, 2.45) is 0 Å². The van der Waals surface area contributed by atoms with Crippen molar-refractivity contribution in [1.29, 1.82) is 0 Å². The number of nitrogens with zero attached hydrogens (tertiary/aromatic N) is 2. The number of anilines is 1. The number of halogens is 1. The summed E-state index contributed by atoms with van der Waals surface area (Å²) >= 11 is 3.42. The van der Waals surface area contributed by atoms with Gasteiger partial charge < -0.3 is 5.32 Å². The molecule has 0 aromatic carbocycles. The monoisotopic (exact) mass is 243 g/mol. The molecule has 0 unspecified atom stereocenters. The first kappa shape index (κ1) is 10.4. The molecule has 4 heteroatoms. The van der Waals surface area contributed by atoms with Crippen LogP contribution in [-0.2, 0) is 5.33 Å². The molecule has 72 valence electrons. The van der Waals surface area contributed by atoms with E-state index in [9.17, 15) is 0 Å². The summed E-state index contributed by atoms with van der Waals surface area (Å²) in [6.45, 7) is 4.27. The second kappa shape index (κ2) is 4.56. The van der Waals surface area contributed by atoms with Crippen molar-refractivity contribution in [3.63, 3.8) is 0 Å². The summed E-state index contributed by atoms with van der Waals surface area (Å²) in [7, 11) is 1.83. The average Bonchev–Trinajstić information content (AvgIpc) is 2.16. The zero-order valence-electron chi connectivity index (χ0n) is 8.13. The van der Waals surface area contributed by atoms with Gasteiger partial charge in [-0.3, -0.25) is 0 Å². The third-order valence-corrected chi connectivity index (χ3v) is 2.42. The van der Waals surface area contributed by atoms with Crippen LogP contribution < -0.4 is 5.32 Å². The van der Waals surface area contributed by atoms with Gasteiger partial charge in [0.2, 0.25) is 5.95 Å². The Labute approximate surface area is 87.1 Å². The van der Waals surface area contributed by atoms with Crippen LogP contribution in [0.15, 0.2) is 6.20 Å². The lowest BCUT2D eigenvalue weighted by Gasteiger charge is -2.10. The van der Waals surface area contributed by atoms with Gasteiger partial charge in [-0.15, -0.1) is 0 Å². The Bertz CT molecular complexity index is 286. The SMILES string of the molecule is CNc1ncc(CBr)c(C(C)C)n1. The third-order valence-electron chi connectivity index (χ3n) is 1.81. The molecule has 0 fully saturated rings. The number of alkyl halides is 1. The molecule has 1 aromatic heterocycles. The van der Waals surface area contributed by atoms with Gasteiger partial charge in [0.05, 0.1) is 5.69 Å². The highest BCUT2D eigenvalue weighted by atomic mass is 79.9. The molecule has 0 saturated heterocycles. The van der Waals surface area contributed by atoms with E-state index in [2.05, 4.69) is 45.1 Å². The summed E-state index contributed by atoms with van der Waals surface area (Å²) in [4.78, 5) is 8.57. The zero-order valence-corrected chi connectivity index (χ0v) is 9.72. The molecule has 1 rings (SSSR count). The van der Waals surface area contributed by atoms with E-state index in [-0.39, 0.29) is 0 Å². The smallest absolute Gasteiger partial charge is 0.222 e. The van der Waals surface area contributed by atoms with E-state index in [1.807, 2.05) is 13.2 Å².